The molecule has 82 valence electrons. The van der Waals surface area contributed by atoms with Crippen LogP contribution < -0.4 is 5.32 Å². The number of terminal acetylenes is 1. The summed E-state index contributed by atoms with van der Waals surface area (Å²) in [6, 6.07) is 2.06. The van der Waals surface area contributed by atoms with Crippen molar-refractivity contribution in [2.75, 3.05) is 13.1 Å². The lowest BCUT2D eigenvalue weighted by molar-refractivity contribution is 0.610. The third kappa shape index (κ3) is 4.66. The lowest BCUT2D eigenvalue weighted by atomic mass is 10.2. The van der Waals surface area contributed by atoms with Gasteiger partial charge < -0.3 is 5.32 Å². The average Bonchev–Trinajstić information content (AvgIpc) is 2.63. The second-order valence-electron chi connectivity index (χ2n) is 3.61. The largest absolute Gasteiger partial charge is 0.316 e. The van der Waals surface area contributed by atoms with E-state index in [4.69, 9.17) is 6.42 Å². The molecule has 0 fully saturated rings. The lowest BCUT2D eigenvalue weighted by Crippen LogP contribution is -2.19. The molecule has 0 saturated carbocycles. The predicted molar refractivity (Wildman–Crippen MR) is 62.5 cm³/mol. The number of aromatic nitrogens is 2. The maximum atomic E-state index is 5.17. The van der Waals surface area contributed by atoms with Crippen molar-refractivity contribution in [1.82, 2.24) is 15.1 Å². The van der Waals surface area contributed by atoms with Gasteiger partial charge in [-0.3, -0.25) is 4.68 Å². The molecule has 0 bridgehead atoms. The van der Waals surface area contributed by atoms with Crippen LogP contribution in [0.2, 0.25) is 0 Å². The van der Waals surface area contributed by atoms with Crippen LogP contribution in [-0.2, 0) is 13.5 Å². The molecule has 3 nitrogen and oxygen atoms in total. The Morgan fingerprint density at radius 2 is 2.33 bits per heavy atom. The first kappa shape index (κ1) is 11.8. The van der Waals surface area contributed by atoms with Crippen LogP contribution in [0, 0.1) is 12.3 Å². The SMILES string of the molecule is C#CCCCCNCCc1ccnn1C. The third-order valence-electron chi connectivity index (χ3n) is 2.41. The van der Waals surface area contributed by atoms with Gasteiger partial charge in [0.15, 0.2) is 0 Å². The Morgan fingerprint density at radius 1 is 1.47 bits per heavy atom. The fourth-order valence-electron chi connectivity index (χ4n) is 1.47. The first-order chi connectivity index (χ1) is 7.34. The van der Waals surface area contributed by atoms with Gasteiger partial charge in [-0.2, -0.15) is 5.10 Å². The van der Waals surface area contributed by atoms with Crippen molar-refractivity contribution in [2.45, 2.75) is 25.7 Å². The zero-order valence-electron chi connectivity index (χ0n) is 9.37. The molecule has 0 saturated heterocycles. The molecule has 0 aliphatic carbocycles. The summed E-state index contributed by atoms with van der Waals surface area (Å²) in [6.07, 6.45) is 11.2. The molecule has 0 radical (unpaired) electrons. The first-order valence-electron chi connectivity index (χ1n) is 5.45. The topological polar surface area (TPSA) is 29.9 Å². The summed E-state index contributed by atoms with van der Waals surface area (Å²) >= 11 is 0. The molecule has 1 heterocycles. The Labute approximate surface area is 91.9 Å². The molecule has 0 amide bonds. The minimum Gasteiger partial charge on any atom is -0.316 e. The van der Waals surface area contributed by atoms with E-state index < -0.39 is 0 Å². The van der Waals surface area contributed by atoms with E-state index in [9.17, 15) is 0 Å². The van der Waals surface area contributed by atoms with Crippen molar-refractivity contribution in [3.8, 4) is 12.3 Å². The van der Waals surface area contributed by atoms with Crippen LogP contribution >= 0.6 is 0 Å². The van der Waals surface area contributed by atoms with Crippen LogP contribution in [0.15, 0.2) is 12.3 Å². The second-order valence-corrected chi connectivity index (χ2v) is 3.61. The van der Waals surface area contributed by atoms with Gasteiger partial charge in [-0.25, -0.2) is 0 Å². The summed E-state index contributed by atoms with van der Waals surface area (Å²) in [5.41, 5.74) is 1.27. The Morgan fingerprint density at radius 3 is 3.00 bits per heavy atom. The van der Waals surface area contributed by atoms with Crippen LogP contribution in [0.5, 0.6) is 0 Å². The molecular formula is C12H19N3. The van der Waals surface area contributed by atoms with Crippen LogP contribution in [0.4, 0.5) is 0 Å². The first-order valence-corrected chi connectivity index (χ1v) is 5.45. The molecule has 0 spiro atoms. The number of rotatable bonds is 7. The molecule has 0 aromatic carbocycles. The molecule has 0 aliphatic heterocycles. The smallest absolute Gasteiger partial charge is 0.0492 e. The minimum absolute atomic E-state index is 0.892. The van der Waals surface area contributed by atoms with Gasteiger partial charge in [-0.05, 0) is 25.5 Å². The van der Waals surface area contributed by atoms with Crippen molar-refractivity contribution in [2.24, 2.45) is 7.05 Å². The normalized spacial score (nSPS) is 10.1. The van der Waals surface area contributed by atoms with Crippen LogP contribution in [-0.4, -0.2) is 22.9 Å². The van der Waals surface area contributed by atoms with Crippen molar-refractivity contribution < 1.29 is 0 Å². The highest BCUT2D eigenvalue weighted by atomic mass is 15.3. The monoisotopic (exact) mass is 205 g/mol. The molecule has 1 aromatic heterocycles. The molecule has 1 N–H and O–H groups in total. The number of hydrogen-bond acceptors (Lipinski definition) is 2. The minimum atomic E-state index is 0.892. The molecule has 1 rings (SSSR count). The maximum Gasteiger partial charge on any atom is 0.0492 e. The van der Waals surface area contributed by atoms with E-state index in [2.05, 4.69) is 22.4 Å². The van der Waals surface area contributed by atoms with Gasteiger partial charge in [-0.15, -0.1) is 12.3 Å². The van der Waals surface area contributed by atoms with Crippen LogP contribution in [0.25, 0.3) is 0 Å². The summed E-state index contributed by atoms with van der Waals surface area (Å²) in [6.45, 7) is 2.06. The number of nitrogens with one attached hydrogen (secondary N) is 1. The van der Waals surface area contributed by atoms with Crippen molar-refractivity contribution in [3.63, 3.8) is 0 Å². The van der Waals surface area contributed by atoms with E-state index in [-0.39, 0.29) is 0 Å². The zero-order chi connectivity index (χ0) is 10.9. The summed E-state index contributed by atoms with van der Waals surface area (Å²) in [5.74, 6) is 2.65. The van der Waals surface area contributed by atoms with E-state index in [0.717, 1.165) is 38.8 Å². The Kier molecular flexibility index (Phi) is 5.57. The Bertz CT molecular complexity index is 309. The van der Waals surface area contributed by atoms with Crippen molar-refractivity contribution in [3.05, 3.63) is 18.0 Å². The van der Waals surface area contributed by atoms with Gasteiger partial charge >= 0.3 is 0 Å². The maximum absolute atomic E-state index is 5.17. The van der Waals surface area contributed by atoms with E-state index in [1.807, 2.05) is 17.9 Å². The van der Waals surface area contributed by atoms with Gasteiger partial charge in [0.2, 0.25) is 0 Å². The van der Waals surface area contributed by atoms with E-state index >= 15 is 0 Å². The van der Waals surface area contributed by atoms with Crippen LogP contribution in [0.1, 0.15) is 25.0 Å². The summed E-state index contributed by atoms with van der Waals surface area (Å²) < 4.78 is 1.92. The fourth-order valence-corrected chi connectivity index (χ4v) is 1.47. The number of nitrogens with zero attached hydrogens (tertiary/aromatic N) is 2. The predicted octanol–water partition coefficient (Wildman–Crippen LogP) is 1.36. The Balaban J connectivity index is 1.98. The third-order valence-corrected chi connectivity index (χ3v) is 2.41. The van der Waals surface area contributed by atoms with Gasteiger partial charge in [0.25, 0.3) is 0 Å². The van der Waals surface area contributed by atoms with Gasteiger partial charge in [0.05, 0.1) is 0 Å². The summed E-state index contributed by atoms with van der Waals surface area (Å²) in [5, 5.41) is 7.52. The highest BCUT2D eigenvalue weighted by Crippen LogP contribution is 1.96. The Hall–Kier alpha value is -1.27. The van der Waals surface area contributed by atoms with Crippen LogP contribution in [0.3, 0.4) is 0 Å². The number of unbranched alkanes of at least 4 members (excludes halogenated alkanes) is 2. The number of hydrogen-bond donors (Lipinski definition) is 1. The van der Waals surface area contributed by atoms with E-state index in [1.54, 1.807) is 0 Å². The van der Waals surface area contributed by atoms with Gasteiger partial charge in [-0.1, -0.05) is 0 Å². The second kappa shape index (κ2) is 7.08. The standard InChI is InChI=1S/C12H19N3/c1-3-4-5-6-9-13-10-7-12-8-11-14-15(12)2/h1,8,11,13H,4-7,9-10H2,2H3. The summed E-state index contributed by atoms with van der Waals surface area (Å²) in [7, 11) is 1.97. The molecule has 0 aliphatic rings. The highest BCUT2D eigenvalue weighted by molar-refractivity contribution is 5.00. The van der Waals surface area contributed by atoms with Crippen molar-refractivity contribution in [1.29, 1.82) is 0 Å². The molecule has 15 heavy (non-hydrogen) atoms. The van der Waals surface area contributed by atoms with Crippen molar-refractivity contribution >= 4 is 0 Å². The quantitative estimate of drug-likeness (QED) is 0.538. The lowest BCUT2D eigenvalue weighted by Gasteiger charge is -2.04. The van der Waals surface area contributed by atoms with E-state index in [1.165, 1.54) is 5.69 Å². The highest BCUT2D eigenvalue weighted by Gasteiger charge is 1.96. The summed E-state index contributed by atoms with van der Waals surface area (Å²) in [4.78, 5) is 0. The molecule has 1 aromatic rings. The molecular weight excluding hydrogens is 186 g/mol. The fraction of sp³-hybridized carbons (Fsp3) is 0.583. The van der Waals surface area contributed by atoms with Gasteiger partial charge in [0.1, 0.15) is 0 Å². The molecule has 0 atom stereocenters. The average molecular weight is 205 g/mol. The zero-order valence-corrected chi connectivity index (χ0v) is 9.37. The molecule has 0 unspecified atom stereocenters. The van der Waals surface area contributed by atoms with Gasteiger partial charge in [0, 0.05) is 38.3 Å². The number of aryl methyl sites for hydroxylation is 1. The van der Waals surface area contributed by atoms with E-state index in [0.29, 0.717) is 0 Å². The molecule has 3 heteroatoms.